The van der Waals surface area contributed by atoms with Crippen molar-refractivity contribution >= 4 is 50.5 Å². The van der Waals surface area contributed by atoms with Gasteiger partial charge in [-0.25, -0.2) is 4.99 Å². The second kappa shape index (κ2) is 10.5. The Morgan fingerprint density at radius 2 is 1.34 bits per heavy atom. The summed E-state index contributed by atoms with van der Waals surface area (Å²) in [7, 11) is 0. The fourth-order valence-electron chi connectivity index (χ4n) is 6.51. The van der Waals surface area contributed by atoms with E-state index in [9.17, 15) is 0 Å². The smallest absolute Gasteiger partial charge is 0.154 e. The maximum absolute atomic E-state index is 8.92. The minimum atomic E-state index is 0.207. The zero-order chi connectivity index (χ0) is 29.6. The number of allylic oxidation sites excluding steroid dienone is 1. The summed E-state index contributed by atoms with van der Waals surface area (Å²) in [6, 6.07) is 43.6. The lowest BCUT2D eigenvalue weighted by Gasteiger charge is -2.20. The summed E-state index contributed by atoms with van der Waals surface area (Å²) in [5.41, 5.74) is 12.4. The molecule has 2 N–H and O–H groups in total. The fourth-order valence-corrected chi connectivity index (χ4v) is 6.51. The summed E-state index contributed by atoms with van der Waals surface area (Å²) in [5.74, 6) is 1.22. The van der Waals surface area contributed by atoms with Crippen molar-refractivity contribution in [2.75, 3.05) is 5.43 Å². The van der Waals surface area contributed by atoms with Gasteiger partial charge >= 0.3 is 0 Å². The first-order valence-electron chi connectivity index (χ1n) is 15.1. The lowest BCUT2D eigenvalue weighted by molar-refractivity contribution is 0.683. The van der Waals surface area contributed by atoms with Gasteiger partial charge in [0.2, 0.25) is 0 Å². The standard InChI is InChI=1S/C39H31N5/c1-26-21-22-31-33-24-23-32-30-19-11-12-20-34(30)43(29-17-9-4-10-18-29)36(32)37(33)44(35(31)25-26)42-39(28-15-7-3-8-16-28)41-38(40)27-13-5-2-6-14-27/h2-24,26H,25H2,1H3,(H2,40,41,42). The van der Waals surface area contributed by atoms with Crippen LogP contribution in [0.2, 0.25) is 0 Å². The molecule has 1 atom stereocenters. The Kier molecular flexibility index (Phi) is 6.23. The highest BCUT2D eigenvalue weighted by molar-refractivity contribution is 6.20. The summed E-state index contributed by atoms with van der Waals surface area (Å²) in [6.07, 6.45) is 5.47. The number of hydrogen-bond donors (Lipinski definition) is 2. The van der Waals surface area contributed by atoms with Crippen LogP contribution in [-0.2, 0) is 6.42 Å². The average Bonchev–Trinajstić information content (AvgIpc) is 3.57. The predicted octanol–water partition coefficient (Wildman–Crippen LogP) is 8.96. The molecule has 5 aromatic carbocycles. The number of amidine groups is 2. The third-order valence-electron chi connectivity index (χ3n) is 8.56. The van der Waals surface area contributed by atoms with Gasteiger partial charge in [-0.2, -0.15) is 0 Å². The van der Waals surface area contributed by atoms with Crippen molar-refractivity contribution < 1.29 is 0 Å². The Balaban J connectivity index is 1.45. The molecule has 0 bridgehead atoms. The molecule has 2 heterocycles. The van der Waals surface area contributed by atoms with E-state index < -0.39 is 0 Å². The van der Waals surface area contributed by atoms with Gasteiger partial charge in [0.15, 0.2) is 11.7 Å². The Hall–Kier alpha value is -5.68. The molecule has 212 valence electrons. The van der Waals surface area contributed by atoms with E-state index >= 15 is 0 Å². The van der Waals surface area contributed by atoms with Crippen molar-refractivity contribution in [2.24, 2.45) is 10.9 Å². The lowest BCUT2D eigenvalue weighted by Crippen LogP contribution is -2.27. The maximum Gasteiger partial charge on any atom is 0.154 e. The molecule has 5 heteroatoms. The predicted molar refractivity (Wildman–Crippen MR) is 184 cm³/mol. The number of benzene rings is 5. The molecule has 1 aliphatic rings. The zero-order valence-corrected chi connectivity index (χ0v) is 24.4. The fraction of sp³-hybridized carbons (Fsp3) is 0.0769. The molecule has 1 unspecified atom stereocenters. The molecule has 8 rings (SSSR count). The van der Waals surface area contributed by atoms with Crippen molar-refractivity contribution in [1.29, 1.82) is 5.41 Å². The third kappa shape index (κ3) is 4.24. The Morgan fingerprint density at radius 3 is 2.09 bits per heavy atom. The van der Waals surface area contributed by atoms with E-state index in [1.807, 2.05) is 60.7 Å². The van der Waals surface area contributed by atoms with Crippen LogP contribution in [-0.4, -0.2) is 20.9 Å². The molecular formula is C39H31N5. The Labute approximate surface area is 255 Å². The monoisotopic (exact) mass is 569 g/mol. The first-order chi connectivity index (χ1) is 21.7. The number of para-hydroxylation sites is 2. The van der Waals surface area contributed by atoms with E-state index in [0.717, 1.165) is 34.3 Å². The molecular weight excluding hydrogens is 538 g/mol. The zero-order valence-electron chi connectivity index (χ0n) is 24.4. The number of fused-ring (bicyclic) bond motifs is 7. The molecule has 0 saturated carbocycles. The van der Waals surface area contributed by atoms with Gasteiger partial charge in [-0.05, 0) is 30.5 Å². The molecule has 0 amide bonds. The number of rotatable bonds is 4. The van der Waals surface area contributed by atoms with Crippen molar-refractivity contribution in [3.8, 4) is 5.69 Å². The normalized spacial score (nSPS) is 14.8. The molecule has 0 aliphatic heterocycles. The van der Waals surface area contributed by atoms with E-state index in [2.05, 4.69) is 100 Å². The van der Waals surface area contributed by atoms with Gasteiger partial charge in [0.1, 0.15) is 0 Å². The highest BCUT2D eigenvalue weighted by Gasteiger charge is 2.26. The van der Waals surface area contributed by atoms with Crippen LogP contribution in [0.4, 0.5) is 0 Å². The average molecular weight is 570 g/mol. The largest absolute Gasteiger partial charge is 0.307 e. The van der Waals surface area contributed by atoms with Gasteiger partial charge < -0.3 is 4.57 Å². The summed E-state index contributed by atoms with van der Waals surface area (Å²) in [6.45, 7) is 2.26. The van der Waals surface area contributed by atoms with Crippen LogP contribution in [0.15, 0.2) is 138 Å². The van der Waals surface area contributed by atoms with Gasteiger partial charge in [-0.1, -0.05) is 128 Å². The van der Waals surface area contributed by atoms with Crippen LogP contribution in [0, 0.1) is 11.3 Å². The third-order valence-corrected chi connectivity index (χ3v) is 8.56. The van der Waals surface area contributed by atoms with Crippen LogP contribution in [0.1, 0.15) is 29.3 Å². The lowest BCUT2D eigenvalue weighted by atomic mass is 9.95. The topological polar surface area (TPSA) is 58.1 Å². The van der Waals surface area contributed by atoms with Crippen LogP contribution < -0.4 is 5.43 Å². The molecule has 44 heavy (non-hydrogen) atoms. The van der Waals surface area contributed by atoms with Crippen LogP contribution in [0.5, 0.6) is 0 Å². The van der Waals surface area contributed by atoms with Crippen molar-refractivity contribution in [1.82, 2.24) is 9.24 Å². The first kappa shape index (κ1) is 26.0. The molecule has 0 saturated heterocycles. The summed E-state index contributed by atoms with van der Waals surface area (Å²) < 4.78 is 4.63. The van der Waals surface area contributed by atoms with Gasteiger partial charge in [0.25, 0.3) is 0 Å². The number of nitrogens with one attached hydrogen (secondary N) is 2. The van der Waals surface area contributed by atoms with Crippen molar-refractivity contribution in [2.45, 2.75) is 13.3 Å². The molecule has 0 radical (unpaired) electrons. The minimum absolute atomic E-state index is 0.207. The molecule has 2 aromatic heterocycles. The van der Waals surface area contributed by atoms with Crippen LogP contribution in [0.3, 0.4) is 0 Å². The van der Waals surface area contributed by atoms with E-state index in [0.29, 0.717) is 11.8 Å². The molecule has 5 nitrogen and oxygen atoms in total. The quantitative estimate of drug-likeness (QED) is 0.161. The van der Waals surface area contributed by atoms with Crippen LogP contribution in [0.25, 0.3) is 44.5 Å². The highest BCUT2D eigenvalue weighted by atomic mass is 15.4. The molecule has 7 aromatic rings. The SMILES string of the molecule is CC1C=Cc2c(n(NC(=NC(=N)c3ccccc3)c3ccccc3)c3c2ccc2c4ccccc4n(-c4ccccc4)c23)C1. The molecule has 0 spiro atoms. The van der Waals surface area contributed by atoms with Gasteiger partial charge in [0, 0.05) is 44.2 Å². The Bertz CT molecular complexity index is 2240. The van der Waals surface area contributed by atoms with E-state index in [1.54, 1.807) is 0 Å². The Morgan fingerprint density at radius 1 is 0.705 bits per heavy atom. The first-order valence-corrected chi connectivity index (χ1v) is 15.1. The van der Waals surface area contributed by atoms with E-state index in [-0.39, 0.29) is 5.84 Å². The van der Waals surface area contributed by atoms with E-state index in [4.69, 9.17) is 10.4 Å². The van der Waals surface area contributed by atoms with Gasteiger partial charge in [-0.15, -0.1) is 0 Å². The van der Waals surface area contributed by atoms with Gasteiger partial charge in [-0.3, -0.25) is 15.5 Å². The number of aromatic nitrogens is 2. The molecule has 1 aliphatic carbocycles. The second-order valence-electron chi connectivity index (χ2n) is 11.4. The minimum Gasteiger partial charge on any atom is -0.307 e. The van der Waals surface area contributed by atoms with Crippen LogP contribution >= 0.6 is 0 Å². The number of aliphatic imine (C=N–C) groups is 1. The van der Waals surface area contributed by atoms with Crippen molar-refractivity contribution in [3.63, 3.8) is 0 Å². The van der Waals surface area contributed by atoms with Crippen molar-refractivity contribution in [3.05, 3.63) is 156 Å². The second-order valence-corrected chi connectivity index (χ2v) is 11.4. The highest BCUT2D eigenvalue weighted by Crippen LogP contribution is 2.41. The maximum atomic E-state index is 8.92. The van der Waals surface area contributed by atoms with E-state index in [1.165, 1.54) is 32.9 Å². The summed E-state index contributed by atoms with van der Waals surface area (Å²) >= 11 is 0. The number of hydrogen-bond acceptors (Lipinski definition) is 1. The van der Waals surface area contributed by atoms with Gasteiger partial charge in [0.05, 0.1) is 16.6 Å². The summed E-state index contributed by atoms with van der Waals surface area (Å²) in [4.78, 5) is 4.91. The molecule has 0 fully saturated rings. The number of nitrogens with zero attached hydrogens (tertiary/aromatic N) is 3. The summed E-state index contributed by atoms with van der Waals surface area (Å²) in [5, 5.41) is 12.5.